The Morgan fingerprint density at radius 2 is 1.93 bits per heavy atom. The SMILES string of the molecule is Cc1nc2ncnn2c(N2CCCN(Cc3nc4ccccc4[nH]3)CC2)c1C. The molecule has 3 aromatic heterocycles. The van der Waals surface area contributed by atoms with Crippen molar-refractivity contribution in [1.29, 1.82) is 0 Å². The van der Waals surface area contributed by atoms with E-state index in [1.54, 1.807) is 6.33 Å². The van der Waals surface area contributed by atoms with Gasteiger partial charge in [0.1, 0.15) is 18.0 Å². The summed E-state index contributed by atoms with van der Waals surface area (Å²) in [6.07, 6.45) is 2.67. The molecular weight excluding hydrogens is 352 g/mol. The first-order chi connectivity index (χ1) is 13.7. The van der Waals surface area contributed by atoms with Gasteiger partial charge in [-0.1, -0.05) is 12.1 Å². The molecule has 0 radical (unpaired) electrons. The lowest BCUT2D eigenvalue weighted by molar-refractivity contribution is 0.279. The maximum absolute atomic E-state index is 4.73. The Kier molecular flexibility index (Phi) is 4.20. The van der Waals surface area contributed by atoms with Gasteiger partial charge in [0.25, 0.3) is 5.78 Å². The molecule has 1 N–H and O–H groups in total. The number of para-hydroxylation sites is 2. The Morgan fingerprint density at radius 3 is 2.82 bits per heavy atom. The topological polar surface area (TPSA) is 78.2 Å². The molecule has 0 amide bonds. The third-order valence-corrected chi connectivity index (χ3v) is 5.58. The fourth-order valence-corrected chi connectivity index (χ4v) is 4.02. The van der Waals surface area contributed by atoms with E-state index in [1.165, 1.54) is 5.56 Å². The van der Waals surface area contributed by atoms with Crippen molar-refractivity contribution in [2.45, 2.75) is 26.8 Å². The van der Waals surface area contributed by atoms with Gasteiger partial charge in [0.2, 0.25) is 0 Å². The molecule has 1 aromatic carbocycles. The van der Waals surface area contributed by atoms with Gasteiger partial charge in [0, 0.05) is 37.4 Å². The number of hydrogen-bond donors (Lipinski definition) is 1. The summed E-state index contributed by atoms with van der Waals surface area (Å²) in [7, 11) is 0. The van der Waals surface area contributed by atoms with E-state index < -0.39 is 0 Å². The molecule has 1 aliphatic rings. The number of fused-ring (bicyclic) bond motifs is 2. The van der Waals surface area contributed by atoms with E-state index in [0.717, 1.165) is 67.5 Å². The zero-order chi connectivity index (χ0) is 19.1. The fourth-order valence-electron chi connectivity index (χ4n) is 4.02. The van der Waals surface area contributed by atoms with Crippen LogP contribution in [-0.4, -0.2) is 60.6 Å². The van der Waals surface area contributed by atoms with E-state index in [0.29, 0.717) is 5.78 Å². The standard InChI is InChI=1S/C20H24N8/c1-14-15(2)23-20-21-13-22-28(20)19(14)27-9-5-8-26(10-11-27)12-18-24-16-6-3-4-7-17(16)25-18/h3-4,6-7,13H,5,8-12H2,1-2H3,(H,24,25). The van der Waals surface area contributed by atoms with Crippen molar-refractivity contribution in [2.24, 2.45) is 0 Å². The highest BCUT2D eigenvalue weighted by atomic mass is 15.4. The monoisotopic (exact) mass is 376 g/mol. The minimum atomic E-state index is 0.668. The molecule has 0 spiro atoms. The molecule has 8 nitrogen and oxygen atoms in total. The normalized spacial score (nSPS) is 16.1. The number of H-pyrrole nitrogens is 1. The number of anilines is 1. The molecule has 0 unspecified atom stereocenters. The number of rotatable bonds is 3. The molecule has 1 fully saturated rings. The summed E-state index contributed by atoms with van der Waals surface area (Å²) in [5.74, 6) is 2.82. The number of nitrogens with zero attached hydrogens (tertiary/aromatic N) is 7. The molecular formula is C20H24N8. The molecule has 4 heterocycles. The van der Waals surface area contributed by atoms with Gasteiger partial charge < -0.3 is 9.88 Å². The summed E-state index contributed by atoms with van der Waals surface area (Å²) in [4.78, 5) is 21.9. The number of aryl methyl sites for hydroxylation is 1. The first-order valence-corrected chi connectivity index (χ1v) is 9.77. The van der Waals surface area contributed by atoms with Gasteiger partial charge >= 0.3 is 0 Å². The van der Waals surface area contributed by atoms with Gasteiger partial charge in [-0.05, 0) is 32.4 Å². The van der Waals surface area contributed by atoms with E-state index in [-0.39, 0.29) is 0 Å². The summed E-state index contributed by atoms with van der Waals surface area (Å²) in [6.45, 7) is 8.98. The maximum Gasteiger partial charge on any atom is 0.254 e. The predicted octanol–water partition coefficient (Wildman–Crippen LogP) is 2.33. The Morgan fingerprint density at radius 1 is 1.04 bits per heavy atom. The summed E-state index contributed by atoms with van der Waals surface area (Å²) in [6, 6.07) is 8.20. The molecule has 4 aromatic rings. The van der Waals surface area contributed by atoms with E-state index in [9.17, 15) is 0 Å². The van der Waals surface area contributed by atoms with Crippen molar-refractivity contribution >= 4 is 22.6 Å². The van der Waals surface area contributed by atoms with Gasteiger partial charge in [0.05, 0.1) is 17.6 Å². The molecule has 0 saturated carbocycles. The van der Waals surface area contributed by atoms with Crippen LogP contribution in [0.1, 0.15) is 23.5 Å². The fraction of sp³-hybridized carbons (Fsp3) is 0.400. The largest absolute Gasteiger partial charge is 0.355 e. The van der Waals surface area contributed by atoms with Gasteiger partial charge in [-0.2, -0.15) is 14.6 Å². The highest BCUT2D eigenvalue weighted by molar-refractivity contribution is 5.74. The number of benzene rings is 1. The van der Waals surface area contributed by atoms with E-state index >= 15 is 0 Å². The summed E-state index contributed by atoms with van der Waals surface area (Å²) < 4.78 is 1.87. The maximum atomic E-state index is 4.73. The summed E-state index contributed by atoms with van der Waals surface area (Å²) in [5.41, 5.74) is 4.32. The average molecular weight is 376 g/mol. The second-order valence-electron chi connectivity index (χ2n) is 7.44. The number of aromatic nitrogens is 6. The Labute approximate surface area is 163 Å². The van der Waals surface area contributed by atoms with Gasteiger partial charge in [0.15, 0.2) is 0 Å². The van der Waals surface area contributed by atoms with Crippen LogP contribution in [0.3, 0.4) is 0 Å². The molecule has 0 bridgehead atoms. The van der Waals surface area contributed by atoms with Crippen molar-refractivity contribution < 1.29 is 0 Å². The van der Waals surface area contributed by atoms with E-state index in [4.69, 9.17) is 4.98 Å². The summed E-state index contributed by atoms with van der Waals surface area (Å²) in [5, 5.41) is 4.41. The molecule has 144 valence electrons. The van der Waals surface area contributed by atoms with E-state index in [2.05, 4.69) is 48.9 Å². The molecule has 0 atom stereocenters. The van der Waals surface area contributed by atoms with Crippen LogP contribution in [-0.2, 0) is 6.54 Å². The molecule has 1 saturated heterocycles. The average Bonchev–Trinajstić information content (AvgIpc) is 3.24. The number of hydrogen-bond acceptors (Lipinski definition) is 6. The van der Waals surface area contributed by atoms with E-state index in [1.807, 2.05) is 23.6 Å². The Bertz CT molecular complexity index is 1090. The van der Waals surface area contributed by atoms with Crippen LogP contribution in [0.15, 0.2) is 30.6 Å². The first kappa shape index (κ1) is 17.1. The first-order valence-electron chi connectivity index (χ1n) is 9.77. The minimum absolute atomic E-state index is 0.668. The van der Waals surface area contributed by atoms with Gasteiger partial charge in [-0.25, -0.2) is 9.97 Å². The number of aromatic amines is 1. The van der Waals surface area contributed by atoms with Crippen LogP contribution < -0.4 is 4.90 Å². The molecule has 8 heteroatoms. The molecule has 5 rings (SSSR count). The highest BCUT2D eigenvalue weighted by Crippen LogP contribution is 2.24. The number of imidazole rings is 1. The smallest absolute Gasteiger partial charge is 0.254 e. The van der Waals surface area contributed by atoms with Crippen LogP contribution in [0.5, 0.6) is 0 Å². The van der Waals surface area contributed by atoms with Crippen molar-refractivity contribution in [3.8, 4) is 0 Å². The zero-order valence-electron chi connectivity index (χ0n) is 16.3. The molecule has 1 aliphatic heterocycles. The Balaban J connectivity index is 1.36. The van der Waals surface area contributed by atoms with Crippen LogP contribution in [0, 0.1) is 13.8 Å². The summed E-state index contributed by atoms with van der Waals surface area (Å²) >= 11 is 0. The van der Waals surface area contributed by atoms with Crippen molar-refractivity contribution in [3.05, 3.63) is 47.7 Å². The quantitative estimate of drug-likeness (QED) is 0.591. The van der Waals surface area contributed by atoms with Gasteiger partial charge in [-0.15, -0.1) is 0 Å². The number of nitrogens with one attached hydrogen (secondary N) is 1. The van der Waals surface area contributed by atoms with Gasteiger partial charge in [-0.3, -0.25) is 4.90 Å². The predicted molar refractivity (Wildman–Crippen MR) is 108 cm³/mol. The zero-order valence-corrected chi connectivity index (χ0v) is 16.3. The lowest BCUT2D eigenvalue weighted by atomic mass is 10.2. The van der Waals surface area contributed by atoms with Crippen LogP contribution in [0.25, 0.3) is 16.8 Å². The lowest BCUT2D eigenvalue weighted by Crippen LogP contribution is -2.32. The highest BCUT2D eigenvalue weighted by Gasteiger charge is 2.21. The molecule has 28 heavy (non-hydrogen) atoms. The second-order valence-corrected chi connectivity index (χ2v) is 7.44. The molecule has 0 aliphatic carbocycles. The van der Waals surface area contributed by atoms with Crippen molar-refractivity contribution in [1.82, 2.24) is 34.4 Å². The lowest BCUT2D eigenvalue weighted by Gasteiger charge is -2.25. The van der Waals surface area contributed by atoms with Crippen molar-refractivity contribution in [2.75, 3.05) is 31.1 Å². The van der Waals surface area contributed by atoms with Crippen LogP contribution in [0.4, 0.5) is 5.82 Å². The minimum Gasteiger partial charge on any atom is -0.355 e. The van der Waals surface area contributed by atoms with Crippen LogP contribution >= 0.6 is 0 Å². The van der Waals surface area contributed by atoms with Crippen molar-refractivity contribution in [3.63, 3.8) is 0 Å². The third-order valence-electron chi connectivity index (χ3n) is 5.58. The second kappa shape index (κ2) is 6.87. The third kappa shape index (κ3) is 2.99. The van der Waals surface area contributed by atoms with Crippen LogP contribution in [0.2, 0.25) is 0 Å². The Hall–Kier alpha value is -3.00.